The Kier molecular flexibility index (Phi) is 9.29. The number of nitrogens with two attached hydrogens (primary N) is 1. The summed E-state index contributed by atoms with van der Waals surface area (Å²) in [5.41, 5.74) is 8.53. The molecule has 0 aromatic heterocycles. The lowest BCUT2D eigenvalue weighted by Crippen LogP contribution is -2.37. The molecule has 0 bridgehead atoms. The number of rotatable bonds is 9. The molecule has 2 rings (SSSR count). The van der Waals surface area contributed by atoms with Crippen molar-refractivity contribution in [3.05, 3.63) is 48.0 Å². The molecule has 10 nitrogen and oxygen atoms in total. The number of hydrogen-bond acceptors (Lipinski definition) is 9. The molecular formula is C19H23ClN4O6S2. The van der Waals surface area contributed by atoms with Crippen molar-refractivity contribution in [2.24, 2.45) is 10.8 Å². The summed E-state index contributed by atoms with van der Waals surface area (Å²) < 4.78 is 30.6. The van der Waals surface area contributed by atoms with Crippen LogP contribution in [0.2, 0.25) is 0 Å². The lowest BCUT2D eigenvalue weighted by Gasteiger charge is -2.20. The van der Waals surface area contributed by atoms with E-state index in [4.69, 9.17) is 25.4 Å². The van der Waals surface area contributed by atoms with Crippen molar-refractivity contribution in [2.75, 3.05) is 6.54 Å². The number of hydrogen-bond donors (Lipinski definition) is 2. The maximum absolute atomic E-state index is 12.7. The summed E-state index contributed by atoms with van der Waals surface area (Å²) >= 11 is 0. The van der Waals surface area contributed by atoms with Crippen LogP contribution in [-0.2, 0) is 19.8 Å². The molecule has 3 N–H and O–H groups in total. The average Bonchev–Trinajstić information content (AvgIpc) is 2.71. The first kappa shape index (κ1) is 25.4. The smallest absolute Gasteiger partial charge is 0.339 e. The standard InChI is InChI=1S/C19H23ClN4O6S2/c1-4-8-24(22-19(21)23-28-14(3)25)29-15-9-13(2)10-16(11-15)30-32(26,27)18-7-5-6-17(12-18)31-20/h5-7,9-12H,4,8H2,1-3H3,(H3,21,22,23). The van der Waals surface area contributed by atoms with E-state index in [2.05, 4.69) is 15.4 Å². The first-order chi connectivity index (χ1) is 15.1. The second-order valence-electron chi connectivity index (χ2n) is 6.42. The predicted octanol–water partition coefficient (Wildman–Crippen LogP) is 3.31. The molecule has 13 heteroatoms. The molecule has 0 saturated heterocycles. The van der Waals surface area contributed by atoms with Crippen LogP contribution < -0.4 is 20.2 Å². The van der Waals surface area contributed by atoms with Crippen molar-refractivity contribution >= 4 is 43.7 Å². The minimum absolute atomic E-state index is 0.0337. The maximum Gasteiger partial charge on any atom is 0.339 e. The molecule has 32 heavy (non-hydrogen) atoms. The van der Waals surface area contributed by atoms with Crippen LogP contribution in [0, 0.1) is 6.92 Å². The summed E-state index contributed by atoms with van der Waals surface area (Å²) in [5, 5.41) is 5.14. The van der Waals surface area contributed by atoms with Crippen molar-refractivity contribution in [3.63, 3.8) is 0 Å². The van der Waals surface area contributed by atoms with Crippen LogP contribution >= 0.6 is 21.7 Å². The lowest BCUT2D eigenvalue weighted by molar-refractivity contribution is -0.145. The molecule has 0 atom stereocenters. The van der Waals surface area contributed by atoms with E-state index in [1.807, 2.05) is 6.92 Å². The zero-order chi connectivity index (χ0) is 23.7. The Bertz CT molecular complexity index is 1080. The van der Waals surface area contributed by atoms with Crippen molar-refractivity contribution < 1.29 is 27.1 Å². The van der Waals surface area contributed by atoms with Crippen molar-refractivity contribution in [3.8, 4) is 11.5 Å². The molecule has 2 aromatic rings. The number of carbonyl (C=O) groups is 1. The Balaban J connectivity index is 2.23. The van der Waals surface area contributed by atoms with Gasteiger partial charge in [0.15, 0.2) is 5.75 Å². The van der Waals surface area contributed by atoms with Gasteiger partial charge in [0.1, 0.15) is 10.6 Å². The quantitative estimate of drug-likeness (QED) is 0.227. The van der Waals surface area contributed by atoms with Gasteiger partial charge in [0.25, 0.3) is 0 Å². The number of nitrogens with one attached hydrogen (secondary N) is 1. The van der Waals surface area contributed by atoms with E-state index in [9.17, 15) is 13.2 Å². The molecule has 0 saturated carbocycles. The summed E-state index contributed by atoms with van der Waals surface area (Å²) in [5.74, 6) is -0.492. The molecule has 0 aliphatic rings. The van der Waals surface area contributed by atoms with Crippen molar-refractivity contribution in [2.45, 2.75) is 37.0 Å². The Morgan fingerprint density at radius 3 is 2.62 bits per heavy atom. The average molecular weight is 503 g/mol. The summed E-state index contributed by atoms with van der Waals surface area (Å²) in [4.78, 5) is 21.7. The maximum atomic E-state index is 12.7. The second-order valence-corrected chi connectivity index (χ2v) is 9.05. The van der Waals surface area contributed by atoms with Gasteiger partial charge in [-0.05, 0) is 70.9 Å². The summed E-state index contributed by atoms with van der Waals surface area (Å²) in [7, 11) is 2.51. The van der Waals surface area contributed by atoms with Crippen molar-refractivity contribution in [1.29, 1.82) is 0 Å². The molecule has 0 aliphatic heterocycles. The van der Waals surface area contributed by atoms with Crippen molar-refractivity contribution in [1.82, 2.24) is 10.7 Å². The fourth-order valence-corrected chi connectivity index (χ4v) is 3.99. The highest BCUT2D eigenvalue weighted by atomic mass is 35.7. The highest BCUT2D eigenvalue weighted by molar-refractivity contribution is 8.21. The van der Waals surface area contributed by atoms with Gasteiger partial charge in [0.05, 0.1) is 6.54 Å². The predicted molar refractivity (Wildman–Crippen MR) is 121 cm³/mol. The molecule has 174 valence electrons. The van der Waals surface area contributed by atoms with E-state index in [1.165, 1.54) is 30.3 Å². The van der Waals surface area contributed by atoms with Gasteiger partial charge in [0, 0.05) is 17.9 Å². The highest BCUT2D eigenvalue weighted by Crippen LogP contribution is 2.28. The van der Waals surface area contributed by atoms with Gasteiger partial charge >= 0.3 is 16.1 Å². The number of hydroxylamine groups is 2. The van der Waals surface area contributed by atoms with Crippen LogP contribution in [0.15, 0.2) is 57.4 Å². The molecule has 0 fully saturated rings. The third kappa shape index (κ3) is 8.02. The van der Waals surface area contributed by atoms with Gasteiger partial charge in [-0.3, -0.25) is 4.79 Å². The Morgan fingerprint density at radius 2 is 1.97 bits per heavy atom. The summed E-state index contributed by atoms with van der Waals surface area (Å²) in [6.45, 7) is 5.19. The minimum Gasteiger partial charge on any atom is -0.379 e. The monoisotopic (exact) mass is 502 g/mol. The van der Waals surface area contributed by atoms with E-state index in [0.29, 0.717) is 23.4 Å². The zero-order valence-corrected chi connectivity index (χ0v) is 20.0. The zero-order valence-electron chi connectivity index (χ0n) is 17.6. The molecule has 0 heterocycles. The first-order valence-electron chi connectivity index (χ1n) is 9.30. The van der Waals surface area contributed by atoms with E-state index < -0.39 is 16.1 Å². The number of hydrazone groups is 1. The molecule has 0 spiro atoms. The molecule has 2 aromatic carbocycles. The van der Waals surface area contributed by atoms with Crippen LogP contribution in [0.25, 0.3) is 0 Å². The Hall–Kier alpha value is -2.83. The number of nitrogens with zero attached hydrogens (tertiary/aromatic N) is 2. The largest absolute Gasteiger partial charge is 0.379 e. The van der Waals surface area contributed by atoms with Gasteiger partial charge in [-0.1, -0.05) is 13.0 Å². The van der Waals surface area contributed by atoms with E-state index in [1.54, 1.807) is 31.2 Å². The van der Waals surface area contributed by atoms with Gasteiger partial charge in [0.2, 0.25) is 5.96 Å². The number of carbonyl (C=O) groups excluding carboxylic acids is 1. The number of halogens is 1. The lowest BCUT2D eigenvalue weighted by atomic mass is 10.2. The highest BCUT2D eigenvalue weighted by Gasteiger charge is 2.18. The summed E-state index contributed by atoms with van der Waals surface area (Å²) in [6, 6.07) is 10.7. The molecule has 0 radical (unpaired) electrons. The van der Waals surface area contributed by atoms with Crippen LogP contribution in [0.5, 0.6) is 11.5 Å². The van der Waals surface area contributed by atoms with E-state index >= 15 is 0 Å². The third-order valence-electron chi connectivity index (χ3n) is 3.56. The summed E-state index contributed by atoms with van der Waals surface area (Å²) in [6.07, 6.45) is 0.656. The van der Waals surface area contributed by atoms with Gasteiger partial charge in [-0.2, -0.15) is 13.9 Å². The minimum atomic E-state index is -4.10. The van der Waals surface area contributed by atoms with Crippen LogP contribution in [0.4, 0.5) is 0 Å². The molecule has 0 aliphatic carbocycles. The Labute approximate surface area is 195 Å². The topological polar surface area (TPSA) is 133 Å². The van der Waals surface area contributed by atoms with Gasteiger partial charge in [-0.15, -0.1) is 10.3 Å². The normalized spacial score (nSPS) is 11.6. The van der Waals surface area contributed by atoms with E-state index in [-0.39, 0.29) is 22.4 Å². The fourth-order valence-electron chi connectivity index (χ4n) is 2.36. The number of guanidine groups is 1. The van der Waals surface area contributed by atoms with Crippen LogP contribution in [0.3, 0.4) is 0 Å². The number of aryl methyl sites for hydroxylation is 1. The molecular weight excluding hydrogens is 480 g/mol. The van der Waals surface area contributed by atoms with E-state index in [0.717, 1.165) is 11.0 Å². The number of benzene rings is 2. The fraction of sp³-hybridized carbons (Fsp3) is 0.263. The molecule has 0 unspecified atom stereocenters. The third-order valence-corrected chi connectivity index (χ3v) is 5.77. The first-order valence-corrected chi connectivity index (χ1v) is 12.4. The van der Waals surface area contributed by atoms with Crippen LogP contribution in [-0.4, -0.2) is 32.1 Å². The van der Waals surface area contributed by atoms with Crippen LogP contribution in [0.1, 0.15) is 25.8 Å². The van der Waals surface area contributed by atoms with Gasteiger partial charge in [-0.25, -0.2) is 0 Å². The SMILES string of the molecule is CCCN(/N=C(\N)NOC(C)=O)Oc1cc(C)cc(OS(=O)(=O)c2cccc(SCl)c2)c1. The van der Waals surface area contributed by atoms with Gasteiger partial charge < -0.3 is 19.6 Å². The molecule has 0 amide bonds. The Morgan fingerprint density at radius 1 is 1.25 bits per heavy atom. The second kappa shape index (κ2) is 11.7.